The smallest absolute Gasteiger partial charge is 0.343 e. The Kier molecular flexibility index (Phi) is 17.0. The molecule has 8 heteroatoms. The molecule has 0 N–H and O–H groups in total. The van der Waals surface area contributed by atoms with E-state index in [2.05, 4.69) is 48.1 Å². The van der Waals surface area contributed by atoms with E-state index >= 15 is 0 Å². The van der Waals surface area contributed by atoms with Crippen LogP contribution in [0.3, 0.4) is 0 Å². The maximum atomic E-state index is 12.7. The third-order valence-corrected chi connectivity index (χ3v) is 9.90. The van der Waals surface area contributed by atoms with E-state index < -0.39 is 11.9 Å². The second-order valence-corrected chi connectivity index (χ2v) is 14.8. The van der Waals surface area contributed by atoms with Crippen LogP contribution in [0.2, 0.25) is 0 Å². The van der Waals surface area contributed by atoms with Crippen molar-refractivity contribution in [3.05, 3.63) is 179 Å². The molecule has 0 amide bonds. The summed E-state index contributed by atoms with van der Waals surface area (Å²) < 4.78 is 22.7. The van der Waals surface area contributed by atoms with Crippen LogP contribution < -0.4 is 18.9 Å². The van der Waals surface area contributed by atoms with Crippen LogP contribution in [0.1, 0.15) is 108 Å². The molecule has 0 saturated heterocycles. The second-order valence-electron chi connectivity index (χ2n) is 14.8. The first kappa shape index (κ1) is 43.8. The highest BCUT2D eigenvalue weighted by Crippen LogP contribution is 2.22. The van der Waals surface area contributed by atoms with Crippen LogP contribution >= 0.6 is 0 Å². The van der Waals surface area contributed by atoms with Crippen LogP contribution in [0, 0.1) is 0 Å². The molecule has 0 fully saturated rings. The molecule has 0 bridgehead atoms. The summed E-state index contributed by atoms with van der Waals surface area (Å²) in [5.41, 5.74) is 6.74. The van der Waals surface area contributed by atoms with Gasteiger partial charge in [0.2, 0.25) is 0 Å². The zero-order valence-electron chi connectivity index (χ0n) is 35.1. The lowest BCUT2D eigenvalue weighted by atomic mass is 10.0. The Labute approximate surface area is 359 Å². The third kappa shape index (κ3) is 14.8. The zero-order chi connectivity index (χ0) is 42.5. The van der Waals surface area contributed by atoms with Crippen LogP contribution in [0.5, 0.6) is 23.0 Å². The fourth-order valence-corrected chi connectivity index (χ4v) is 6.32. The molecule has 0 heterocycles. The molecule has 6 aromatic rings. The van der Waals surface area contributed by atoms with Gasteiger partial charge in [-0.1, -0.05) is 76.6 Å². The highest BCUT2D eigenvalue weighted by Gasteiger charge is 2.11. The van der Waals surface area contributed by atoms with Crippen molar-refractivity contribution in [2.24, 2.45) is 9.98 Å². The SMILES string of the molecule is CCCCCCOc1ccc(C(=O)Oc2ccc(C=Nc3ccc(Cc4ccc(N=Cc5ccc(OC(=O)c6ccc(OCCCCCC)cc6)cc5)cc4)cc3)cc2)cc1. The normalized spacial score (nSPS) is 11.2. The standard InChI is InChI=1S/C53H54N2O6/c1-3-5-7-9-35-58-48-31-19-44(20-32-48)52(56)60-50-27-15-42(16-28-50)38-54-46-23-11-40(12-24-46)37-41-13-25-47(26-14-41)55-39-43-17-29-51(30-18-43)61-53(57)45-21-33-49(34-22-45)59-36-10-8-6-4-2/h11-34,38-39H,3-10,35-37H2,1-2H3. The largest absolute Gasteiger partial charge is 0.494 e. The summed E-state index contributed by atoms with van der Waals surface area (Å²) in [7, 11) is 0. The van der Waals surface area contributed by atoms with Gasteiger partial charge in [-0.15, -0.1) is 0 Å². The molecular formula is C53H54N2O6. The summed E-state index contributed by atoms with van der Waals surface area (Å²) in [6.07, 6.45) is 13.5. The van der Waals surface area contributed by atoms with Crippen LogP contribution in [0.4, 0.5) is 11.4 Å². The van der Waals surface area contributed by atoms with E-state index in [0.29, 0.717) is 35.8 Å². The van der Waals surface area contributed by atoms with Crippen LogP contribution in [0.15, 0.2) is 156 Å². The molecule has 0 spiro atoms. The molecule has 0 aliphatic carbocycles. The zero-order valence-corrected chi connectivity index (χ0v) is 35.1. The van der Waals surface area contributed by atoms with Crippen molar-refractivity contribution in [1.29, 1.82) is 0 Å². The minimum absolute atomic E-state index is 0.418. The van der Waals surface area contributed by atoms with Gasteiger partial charge in [0.1, 0.15) is 23.0 Å². The van der Waals surface area contributed by atoms with Crippen molar-refractivity contribution in [2.75, 3.05) is 13.2 Å². The number of unbranched alkanes of at least 4 members (excludes halogenated alkanes) is 6. The van der Waals surface area contributed by atoms with Crippen molar-refractivity contribution in [1.82, 2.24) is 0 Å². The molecule has 0 atom stereocenters. The van der Waals surface area contributed by atoms with E-state index in [1.165, 1.54) is 36.8 Å². The number of ether oxygens (including phenoxy) is 4. The quantitative estimate of drug-likeness (QED) is 0.0293. The fraction of sp³-hybridized carbons (Fsp3) is 0.245. The van der Waals surface area contributed by atoms with Crippen LogP contribution in [-0.2, 0) is 6.42 Å². The predicted molar refractivity (Wildman–Crippen MR) is 245 cm³/mol. The Morgan fingerprint density at radius 1 is 0.426 bits per heavy atom. The molecule has 61 heavy (non-hydrogen) atoms. The maximum absolute atomic E-state index is 12.7. The van der Waals surface area contributed by atoms with Gasteiger partial charge >= 0.3 is 11.9 Å². The summed E-state index contributed by atoms with van der Waals surface area (Å²) in [5.74, 6) is 1.59. The lowest BCUT2D eigenvalue weighted by Crippen LogP contribution is -2.08. The van der Waals surface area contributed by atoms with Gasteiger partial charge in [0, 0.05) is 12.4 Å². The van der Waals surface area contributed by atoms with Gasteiger partial charge in [0.15, 0.2) is 0 Å². The number of nitrogens with zero attached hydrogens (tertiary/aromatic N) is 2. The highest BCUT2D eigenvalue weighted by molar-refractivity contribution is 5.92. The van der Waals surface area contributed by atoms with Crippen molar-refractivity contribution in [2.45, 2.75) is 71.6 Å². The Hall–Kier alpha value is -6.80. The van der Waals surface area contributed by atoms with Gasteiger partial charge in [-0.05, 0) is 163 Å². The van der Waals surface area contributed by atoms with E-state index in [1.54, 1.807) is 85.2 Å². The average Bonchev–Trinajstić information content (AvgIpc) is 3.30. The number of esters is 2. The van der Waals surface area contributed by atoms with E-state index in [4.69, 9.17) is 18.9 Å². The van der Waals surface area contributed by atoms with E-state index in [0.717, 1.165) is 66.1 Å². The number of aliphatic imine (C=N–C) groups is 2. The number of benzene rings is 6. The summed E-state index contributed by atoms with van der Waals surface area (Å²) in [4.78, 5) is 34.6. The summed E-state index contributed by atoms with van der Waals surface area (Å²) in [6, 6.07) is 45.0. The average molecular weight is 815 g/mol. The lowest BCUT2D eigenvalue weighted by Gasteiger charge is -2.08. The molecule has 312 valence electrons. The van der Waals surface area contributed by atoms with E-state index in [-0.39, 0.29) is 0 Å². The monoisotopic (exact) mass is 814 g/mol. The van der Waals surface area contributed by atoms with Gasteiger partial charge in [-0.3, -0.25) is 9.98 Å². The first-order chi connectivity index (χ1) is 29.9. The van der Waals surface area contributed by atoms with Gasteiger partial charge in [0.25, 0.3) is 0 Å². The molecule has 0 aromatic heterocycles. The molecule has 0 saturated carbocycles. The van der Waals surface area contributed by atoms with Crippen molar-refractivity contribution < 1.29 is 28.5 Å². The number of hydrogen-bond donors (Lipinski definition) is 0. The number of carbonyl (C=O) groups excluding carboxylic acids is 2. The molecule has 8 nitrogen and oxygen atoms in total. The topological polar surface area (TPSA) is 95.8 Å². The summed E-state index contributed by atoms with van der Waals surface area (Å²) in [6.45, 7) is 5.72. The molecule has 6 aromatic carbocycles. The second kappa shape index (κ2) is 23.7. The molecular weight excluding hydrogens is 761 g/mol. The molecule has 0 aliphatic heterocycles. The van der Waals surface area contributed by atoms with Gasteiger partial charge in [0.05, 0.1) is 35.7 Å². The van der Waals surface area contributed by atoms with Gasteiger partial charge in [-0.25, -0.2) is 9.59 Å². The first-order valence-electron chi connectivity index (χ1n) is 21.3. The number of hydrogen-bond acceptors (Lipinski definition) is 8. The molecule has 6 rings (SSSR count). The maximum Gasteiger partial charge on any atom is 0.343 e. The van der Waals surface area contributed by atoms with E-state index in [1.807, 2.05) is 48.5 Å². The molecule has 0 unspecified atom stereocenters. The van der Waals surface area contributed by atoms with Gasteiger partial charge in [-0.2, -0.15) is 0 Å². The minimum atomic E-state index is -0.418. The summed E-state index contributed by atoms with van der Waals surface area (Å²) in [5, 5.41) is 0. The molecule has 0 aliphatic rings. The first-order valence-corrected chi connectivity index (χ1v) is 21.3. The van der Waals surface area contributed by atoms with Gasteiger partial charge < -0.3 is 18.9 Å². The summed E-state index contributed by atoms with van der Waals surface area (Å²) >= 11 is 0. The van der Waals surface area contributed by atoms with Crippen LogP contribution in [-0.4, -0.2) is 37.6 Å². The Morgan fingerprint density at radius 2 is 0.787 bits per heavy atom. The van der Waals surface area contributed by atoms with E-state index in [9.17, 15) is 9.59 Å². The Bertz CT molecular complexity index is 2130. The predicted octanol–water partition coefficient (Wildman–Crippen LogP) is 13.1. The van der Waals surface area contributed by atoms with Crippen molar-refractivity contribution in [3.8, 4) is 23.0 Å². The van der Waals surface area contributed by atoms with Crippen LogP contribution in [0.25, 0.3) is 0 Å². The van der Waals surface area contributed by atoms with Crippen molar-refractivity contribution >= 4 is 35.7 Å². The number of rotatable bonds is 22. The molecule has 0 radical (unpaired) electrons. The van der Waals surface area contributed by atoms with Crippen molar-refractivity contribution in [3.63, 3.8) is 0 Å². The lowest BCUT2D eigenvalue weighted by molar-refractivity contribution is 0.0725. The highest BCUT2D eigenvalue weighted by atomic mass is 16.5. The number of carbonyl (C=O) groups is 2. The Balaban J connectivity index is 0.909. The fourth-order valence-electron chi connectivity index (χ4n) is 6.32. The third-order valence-electron chi connectivity index (χ3n) is 9.90. The minimum Gasteiger partial charge on any atom is -0.494 e. The Morgan fingerprint density at radius 3 is 1.15 bits per heavy atom.